The number of rotatable bonds is 4. The van der Waals surface area contributed by atoms with Crippen LogP contribution in [0, 0.1) is 6.92 Å². The minimum Gasteiger partial charge on any atom is -0.478 e. The maximum atomic E-state index is 5.46. The van der Waals surface area contributed by atoms with Crippen molar-refractivity contribution in [2.75, 3.05) is 12.3 Å². The maximum Gasteiger partial charge on any atom is 0.223 e. The van der Waals surface area contributed by atoms with Gasteiger partial charge in [0.15, 0.2) is 0 Å². The Balaban J connectivity index is 2.56. The fourth-order valence-electron chi connectivity index (χ4n) is 0.957. The summed E-state index contributed by atoms with van der Waals surface area (Å²) in [6.07, 6.45) is 2.14. The predicted molar refractivity (Wildman–Crippen MR) is 51.6 cm³/mol. The lowest BCUT2D eigenvalue weighted by atomic mass is 10.4. The molecule has 2 N–H and O–H groups in total. The van der Waals surface area contributed by atoms with Gasteiger partial charge in [0.1, 0.15) is 0 Å². The second-order valence-electron chi connectivity index (χ2n) is 2.91. The largest absolute Gasteiger partial charge is 0.478 e. The predicted octanol–water partition coefficient (Wildman–Crippen LogP) is 1.55. The molecule has 0 unspecified atom stereocenters. The van der Waals surface area contributed by atoms with Crippen LogP contribution in [0.2, 0.25) is 0 Å². The summed E-state index contributed by atoms with van der Waals surface area (Å²) < 4.78 is 5.38. The van der Waals surface area contributed by atoms with E-state index in [-0.39, 0.29) is 5.95 Å². The van der Waals surface area contributed by atoms with Crippen LogP contribution in [0.4, 0.5) is 5.95 Å². The van der Waals surface area contributed by atoms with E-state index in [2.05, 4.69) is 16.9 Å². The molecule has 72 valence electrons. The molecule has 0 fully saturated rings. The van der Waals surface area contributed by atoms with Crippen LogP contribution >= 0.6 is 0 Å². The average Bonchev–Trinajstić information content (AvgIpc) is 2.03. The van der Waals surface area contributed by atoms with E-state index in [1.165, 1.54) is 0 Å². The quantitative estimate of drug-likeness (QED) is 0.716. The van der Waals surface area contributed by atoms with Gasteiger partial charge in [0, 0.05) is 11.8 Å². The van der Waals surface area contributed by atoms with Crippen LogP contribution in [0.5, 0.6) is 5.88 Å². The van der Waals surface area contributed by atoms with Crippen LogP contribution in [0.15, 0.2) is 6.07 Å². The summed E-state index contributed by atoms with van der Waals surface area (Å²) in [4.78, 5) is 7.90. The molecule has 0 spiro atoms. The molecule has 0 radical (unpaired) electrons. The van der Waals surface area contributed by atoms with Crippen molar-refractivity contribution < 1.29 is 4.74 Å². The molecule has 1 aromatic heterocycles. The molecular formula is C9H15N3O. The van der Waals surface area contributed by atoms with E-state index in [1.54, 1.807) is 6.07 Å². The summed E-state index contributed by atoms with van der Waals surface area (Å²) in [5.41, 5.74) is 6.29. The molecule has 0 atom stereocenters. The third-order valence-electron chi connectivity index (χ3n) is 1.60. The first kappa shape index (κ1) is 9.77. The van der Waals surface area contributed by atoms with Gasteiger partial charge in [-0.1, -0.05) is 13.3 Å². The number of aromatic nitrogens is 2. The Bertz CT molecular complexity index is 255. The molecule has 0 aliphatic heterocycles. The molecule has 4 nitrogen and oxygen atoms in total. The molecular weight excluding hydrogens is 166 g/mol. The number of ether oxygens (including phenoxy) is 1. The van der Waals surface area contributed by atoms with Gasteiger partial charge in [0.2, 0.25) is 11.8 Å². The number of aryl methyl sites for hydroxylation is 1. The number of nitrogen functional groups attached to an aromatic ring is 1. The lowest BCUT2D eigenvalue weighted by Gasteiger charge is -2.04. The monoisotopic (exact) mass is 181 g/mol. The van der Waals surface area contributed by atoms with Crippen LogP contribution in [-0.2, 0) is 0 Å². The molecule has 1 rings (SSSR count). The van der Waals surface area contributed by atoms with Crippen molar-refractivity contribution in [3.63, 3.8) is 0 Å². The van der Waals surface area contributed by atoms with Crippen LogP contribution < -0.4 is 10.5 Å². The Labute approximate surface area is 78.1 Å². The van der Waals surface area contributed by atoms with Crippen molar-refractivity contribution in [1.82, 2.24) is 9.97 Å². The molecule has 13 heavy (non-hydrogen) atoms. The van der Waals surface area contributed by atoms with Gasteiger partial charge in [-0.15, -0.1) is 0 Å². The lowest BCUT2D eigenvalue weighted by Crippen LogP contribution is -2.02. The smallest absolute Gasteiger partial charge is 0.223 e. The van der Waals surface area contributed by atoms with Gasteiger partial charge in [-0.25, -0.2) is 4.98 Å². The molecule has 0 amide bonds. The molecule has 0 aromatic carbocycles. The summed E-state index contributed by atoms with van der Waals surface area (Å²) >= 11 is 0. The number of unbranched alkanes of at least 4 members (excludes halogenated alkanes) is 1. The van der Waals surface area contributed by atoms with Gasteiger partial charge in [0.25, 0.3) is 0 Å². The molecule has 0 saturated heterocycles. The first-order valence-electron chi connectivity index (χ1n) is 4.46. The summed E-state index contributed by atoms with van der Waals surface area (Å²) in [6, 6.07) is 1.78. The third kappa shape index (κ3) is 3.27. The fraction of sp³-hybridized carbons (Fsp3) is 0.556. The van der Waals surface area contributed by atoms with Crippen molar-refractivity contribution >= 4 is 5.95 Å². The number of nitrogens with two attached hydrogens (primary N) is 1. The number of hydrogen-bond donors (Lipinski definition) is 1. The van der Waals surface area contributed by atoms with Crippen molar-refractivity contribution in [3.05, 3.63) is 11.8 Å². The van der Waals surface area contributed by atoms with Gasteiger partial charge in [-0.3, -0.25) is 0 Å². The van der Waals surface area contributed by atoms with E-state index in [0.29, 0.717) is 12.5 Å². The van der Waals surface area contributed by atoms with Crippen LogP contribution in [-0.4, -0.2) is 16.6 Å². The van der Waals surface area contributed by atoms with Crippen LogP contribution in [0.25, 0.3) is 0 Å². The zero-order valence-corrected chi connectivity index (χ0v) is 8.08. The van der Waals surface area contributed by atoms with Gasteiger partial charge < -0.3 is 10.5 Å². The van der Waals surface area contributed by atoms with E-state index in [0.717, 1.165) is 18.5 Å². The summed E-state index contributed by atoms with van der Waals surface area (Å²) in [7, 11) is 0. The minimum atomic E-state index is 0.270. The summed E-state index contributed by atoms with van der Waals surface area (Å²) in [6.45, 7) is 4.67. The Hall–Kier alpha value is -1.32. The SMILES string of the molecule is CCCCOc1cc(C)nc(N)n1. The minimum absolute atomic E-state index is 0.270. The van der Waals surface area contributed by atoms with Crippen molar-refractivity contribution in [2.45, 2.75) is 26.7 Å². The van der Waals surface area contributed by atoms with Gasteiger partial charge in [-0.05, 0) is 13.3 Å². The normalized spacial score (nSPS) is 10.0. The molecule has 1 heterocycles. The number of hydrogen-bond acceptors (Lipinski definition) is 4. The second-order valence-corrected chi connectivity index (χ2v) is 2.91. The van der Waals surface area contributed by atoms with Crippen molar-refractivity contribution in [1.29, 1.82) is 0 Å². The highest BCUT2D eigenvalue weighted by molar-refractivity contribution is 5.25. The molecule has 0 aliphatic rings. The van der Waals surface area contributed by atoms with Crippen molar-refractivity contribution in [2.24, 2.45) is 0 Å². The maximum absolute atomic E-state index is 5.46. The number of anilines is 1. The lowest BCUT2D eigenvalue weighted by molar-refractivity contribution is 0.297. The van der Waals surface area contributed by atoms with E-state index in [1.807, 2.05) is 6.92 Å². The summed E-state index contributed by atoms with van der Waals surface area (Å²) in [5, 5.41) is 0. The number of nitrogens with zero attached hydrogens (tertiary/aromatic N) is 2. The highest BCUT2D eigenvalue weighted by Crippen LogP contribution is 2.09. The van der Waals surface area contributed by atoms with Crippen LogP contribution in [0.3, 0.4) is 0 Å². The Morgan fingerprint density at radius 1 is 1.46 bits per heavy atom. The van der Waals surface area contributed by atoms with E-state index in [9.17, 15) is 0 Å². The topological polar surface area (TPSA) is 61.0 Å². The molecule has 1 aromatic rings. The average molecular weight is 181 g/mol. The Morgan fingerprint density at radius 3 is 2.85 bits per heavy atom. The molecule has 4 heteroatoms. The third-order valence-corrected chi connectivity index (χ3v) is 1.60. The first-order chi connectivity index (χ1) is 6.22. The van der Waals surface area contributed by atoms with E-state index < -0.39 is 0 Å². The highest BCUT2D eigenvalue weighted by Gasteiger charge is 1.98. The van der Waals surface area contributed by atoms with E-state index >= 15 is 0 Å². The van der Waals surface area contributed by atoms with Gasteiger partial charge in [-0.2, -0.15) is 4.98 Å². The molecule has 0 aliphatic carbocycles. The van der Waals surface area contributed by atoms with Crippen LogP contribution in [0.1, 0.15) is 25.5 Å². The highest BCUT2D eigenvalue weighted by atomic mass is 16.5. The first-order valence-corrected chi connectivity index (χ1v) is 4.46. The zero-order valence-electron chi connectivity index (χ0n) is 8.08. The van der Waals surface area contributed by atoms with Gasteiger partial charge >= 0.3 is 0 Å². The fourth-order valence-corrected chi connectivity index (χ4v) is 0.957. The Kier molecular flexibility index (Phi) is 3.49. The summed E-state index contributed by atoms with van der Waals surface area (Å²) in [5.74, 6) is 0.838. The Morgan fingerprint density at radius 2 is 2.23 bits per heavy atom. The second kappa shape index (κ2) is 4.64. The molecule has 0 saturated carbocycles. The van der Waals surface area contributed by atoms with E-state index in [4.69, 9.17) is 10.5 Å². The van der Waals surface area contributed by atoms with Crippen molar-refractivity contribution in [3.8, 4) is 5.88 Å². The zero-order chi connectivity index (χ0) is 9.68. The standard InChI is InChI=1S/C9H15N3O/c1-3-4-5-13-8-6-7(2)11-9(10)12-8/h6H,3-5H2,1-2H3,(H2,10,11,12). The van der Waals surface area contributed by atoms with Gasteiger partial charge in [0.05, 0.1) is 6.61 Å². The molecule has 0 bridgehead atoms.